The van der Waals surface area contributed by atoms with Crippen molar-refractivity contribution in [3.8, 4) is 0 Å². The van der Waals surface area contributed by atoms with Crippen molar-refractivity contribution in [3.05, 3.63) is 28.8 Å². The van der Waals surface area contributed by atoms with E-state index in [1.165, 1.54) is 56.4 Å². The average molecular weight is 279 g/mol. The van der Waals surface area contributed by atoms with Crippen molar-refractivity contribution in [2.24, 2.45) is 5.92 Å². The minimum atomic E-state index is 0.829. The molecule has 3 rings (SSSR count). The number of benzene rings is 1. The number of nitrogens with zero attached hydrogens (tertiary/aromatic N) is 1. The first kappa shape index (κ1) is 13.3. The summed E-state index contributed by atoms with van der Waals surface area (Å²) in [6.07, 6.45) is 6.37. The van der Waals surface area contributed by atoms with Gasteiger partial charge in [0.25, 0.3) is 0 Å². The Morgan fingerprint density at radius 2 is 1.89 bits per heavy atom. The Morgan fingerprint density at radius 3 is 2.58 bits per heavy atom. The summed E-state index contributed by atoms with van der Waals surface area (Å²) in [7, 11) is 0. The zero-order valence-electron chi connectivity index (χ0n) is 11.5. The van der Waals surface area contributed by atoms with Gasteiger partial charge in [0, 0.05) is 13.1 Å². The fourth-order valence-electron chi connectivity index (χ4n) is 3.31. The normalized spacial score (nSPS) is 21.0. The van der Waals surface area contributed by atoms with Crippen LogP contribution in [0.15, 0.2) is 18.2 Å². The Kier molecular flexibility index (Phi) is 4.29. The van der Waals surface area contributed by atoms with Crippen LogP contribution in [0.1, 0.15) is 31.2 Å². The van der Waals surface area contributed by atoms with Gasteiger partial charge in [0.15, 0.2) is 0 Å². The van der Waals surface area contributed by atoms with Gasteiger partial charge in [-0.2, -0.15) is 0 Å². The summed E-state index contributed by atoms with van der Waals surface area (Å²) in [5.74, 6) is 0.829. The molecule has 1 aromatic rings. The van der Waals surface area contributed by atoms with Gasteiger partial charge in [0.1, 0.15) is 0 Å². The van der Waals surface area contributed by atoms with Crippen LogP contribution in [0.3, 0.4) is 0 Å². The summed E-state index contributed by atoms with van der Waals surface area (Å²) in [4.78, 5) is 2.41. The molecule has 0 radical (unpaired) electrons. The first-order valence-corrected chi connectivity index (χ1v) is 7.95. The van der Waals surface area contributed by atoms with Gasteiger partial charge in [-0.05, 0) is 68.8 Å². The number of anilines is 1. The topological polar surface area (TPSA) is 15.3 Å². The predicted molar refractivity (Wildman–Crippen MR) is 82.2 cm³/mol. The van der Waals surface area contributed by atoms with E-state index < -0.39 is 0 Å². The van der Waals surface area contributed by atoms with Crippen molar-refractivity contribution in [2.75, 3.05) is 31.1 Å². The Hall–Kier alpha value is -0.730. The van der Waals surface area contributed by atoms with Crippen molar-refractivity contribution in [1.29, 1.82) is 0 Å². The first-order chi connectivity index (χ1) is 9.33. The third kappa shape index (κ3) is 3.24. The van der Waals surface area contributed by atoms with Crippen LogP contribution in [0.5, 0.6) is 0 Å². The SMILES string of the molecule is Clc1cc(CC2CCNCC2)ccc1N1CCCC1. The summed E-state index contributed by atoms with van der Waals surface area (Å²) < 4.78 is 0. The lowest BCUT2D eigenvalue weighted by Gasteiger charge is -2.23. The van der Waals surface area contributed by atoms with E-state index in [2.05, 4.69) is 28.4 Å². The highest BCUT2D eigenvalue weighted by atomic mass is 35.5. The molecule has 0 atom stereocenters. The van der Waals surface area contributed by atoms with E-state index in [0.717, 1.165) is 24.0 Å². The van der Waals surface area contributed by atoms with Crippen molar-refractivity contribution in [2.45, 2.75) is 32.1 Å². The Bertz CT molecular complexity index is 421. The largest absolute Gasteiger partial charge is 0.370 e. The quantitative estimate of drug-likeness (QED) is 0.911. The van der Waals surface area contributed by atoms with Crippen molar-refractivity contribution >= 4 is 17.3 Å². The van der Waals surface area contributed by atoms with Crippen LogP contribution in [-0.2, 0) is 6.42 Å². The number of nitrogens with one attached hydrogen (secondary N) is 1. The van der Waals surface area contributed by atoms with Gasteiger partial charge >= 0.3 is 0 Å². The summed E-state index contributed by atoms with van der Waals surface area (Å²) in [6, 6.07) is 6.70. The summed E-state index contributed by atoms with van der Waals surface area (Å²) in [5.41, 5.74) is 2.63. The molecule has 0 aromatic heterocycles. The van der Waals surface area contributed by atoms with E-state index in [4.69, 9.17) is 11.6 Å². The Morgan fingerprint density at radius 1 is 1.16 bits per heavy atom. The van der Waals surface area contributed by atoms with Crippen LogP contribution in [-0.4, -0.2) is 26.2 Å². The number of rotatable bonds is 3. The summed E-state index contributed by atoms with van der Waals surface area (Å²) >= 11 is 6.47. The number of hydrogen-bond acceptors (Lipinski definition) is 2. The van der Waals surface area contributed by atoms with Gasteiger partial charge in [0.2, 0.25) is 0 Å². The maximum Gasteiger partial charge on any atom is 0.0642 e. The molecule has 0 spiro atoms. The molecular weight excluding hydrogens is 256 g/mol. The minimum Gasteiger partial charge on any atom is -0.370 e. The van der Waals surface area contributed by atoms with Crippen LogP contribution >= 0.6 is 11.6 Å². The molecule has 0 saturated carbocycles. The zero-order valence-corrected chi connectivity index (χ0v) is 12.3. The average Bonchev–Trinajstić information content (AvgIpc) is 2.94. The molecule has 2 aliphatic rings. The Balaban J connectivity index is 1.67. The molecule has 2 saturated heterocycles. The smallest absolute Gasteiger partial charge is 0.0642 e. The van der Waals surface area contributed by atoms with Crippen molar-refractivity contribution < 1.29 is 0 Å². The number of piperidine rings is 1. The fourth-order valence-corrected chi connectivity index (χ4v) is 3.63. The molecule has 0 aliphatic carbocycles. The van der Waals surface area contributed by atoms with Gasteiger partial charge in [-0.15, -0.1) is 0 Å². The summed E-state index contributed by atoms with van der Waals surface area (Å²) in [5, 5.41) is 4.36. The van der Waals surface area contributed by atoms with Gasteiger partial charge < -0.3 is 10.2 Å². The number of halogens is 1. The third-order valence-corrected chi connectivity index (χ3v) is 4.74. The minimum absolute atomic E-state index is 0.829. The lowest BCUT2D eigenvalue weighted by Crippen LogP contribution is -2.28. The molecule has 1 aromatic carbocycles. The van der Waals surface area contributed by atoms with Crippen LogP contribution in [0.25, 0.3) is 0 Å². The molecule has 0 amide bonds. The third-order valence-electron chi connectivity index (χ3n) is 4.44. The van der Waals surface area contributed by atoms with Crippen LogP contribution in [0.4, 0.5) is 5.69 Å². The lowest BCUT2D eigenvalue weighted by atomic mass is 9.91. The molecule has 104 valence electrons. The van der Waals surface area contributed by atoms with E-state index in [-0.39, 0.29) is 0 Å². The monoisotopic (exact) mass is 278 g/mol. The van der Waals surface area contributed by atoms with E-state index >= 15 is 0 Å². The van der Waals surface area contributed by atoms with E-state index in [0.29, 0.717) is 0 Å². The second-order valence-electron chi connectivity index (χ2n) is 5.88. The molecule has 3 heteroatoms. The predicted octanol–water partition coefficient (Wildman–Crippen LogP) is 3.48. The molecule has 1 N–H and O–H groups in total. The highest BCUT2D eigenvalue weighted by Gasteiger charge is 2.17. The van der Waals surface area contributed by atoms with E-state index in [1.807, 2.05) is 0 Å². The second-order valence-corrected chi connectivity index (χ2v) is 6.28. The highest BCUT2D eigenvalue weighted by Crippen LogP contribution is 2.30. The Labute approximate surface area is 121 Å². The zero-order chi connectivity index (χ0) is 13.1. The molecule has 2 nitrogen and oxygen atoms in total. The highest BCUT2D eigenvalue weighted by molar-refractivity contribution is 6.33. The van der Waals surface area contributed by atoms with Crippen LogP contribution < -0.4 is 10.2 Å². The summed E-state index contributed by atoms with van der Waals surface area (Å²) in [6.45, 7) is 4.66. The van der Waals surface area contributed by atoms with Gasteiger partial charge in [-0.25, -0.2) is 0 Å². The van der Waals surface area contributed by atoms with Gasteiger partial charge in [-0.1, -0.05) is 17.7 Å². The maximum absolute atomic E-state index is 6.47. The first-order valence-electron chi connectivity index (χ1n) is 7.57. The van der Waals surface area contributed by atoms with Gasteiger partial charge in [0.05, 0.1) is 10.7 Å². The maximum atomic E-state index is 6.47. The van der Waals surface area contributed by atoms with Crippen molar-refractivity contribution in [3.63, 3.8) is 0 Å². The van der Waals surface area contributed by atoms with Crippen molar-refractivity contribution in [1.82, 2.24) is 5.32 Å². The van der Waals surface area contributed by atoms with Crippen LogP contribution in [0, 0.1) is 5.92 Å². The lowest BCUT2D eigenvalue weighted by molar-refractivity contribution is 0.372. The fraction of sp³-hybridized carbons (Fsp3) is 0.625. The molecular formula is C16H23ClN2. The van der Waals surface area contributed by atoms with E-state index in [1.54, 1.807) is 0 Å². The van der Waals surface area contributed by atoms with E-state index in [9.17, 15) is 0 Å². The molecule has 2 aliphatic heterocycles. The molecule has 2 heterocycles. The second kappa shape index (κ2) is 6.15. The van der Waals surface area contributed by atoms with Crippen LogP contribution in [0.2, 0.25) is 5.02 Å². The molecule has 0 unspecified atom stereocenters. The standard InChI is InChI=1S/C16H23ClN2/c17-15-12-14(11-13-5-7-18-8-6-13)3-4-16(15)19-9-1-2-10-19/h3-4,12-13,18H,1-2,5-11H2. The number of hydrogen-bond donors (Lipinski definition) is 1. The molecule has 0 bridgehead atoms. The molecule has 2 fully saturated rings. The van der Waals surface area contributed by atoms with Gasteiger partial charge in [-0.3, -0.25) is 0 Å². The molecule has 19 heavy (non-hydrogen) atoms.